The minimum absolute atomic E-state index is 0.363. The van der Waals surface area contributed by atoms with Gasteiger partial charge in [-0.1, -0.05) is 0 Å². The second kappa shape index (κ2) is 9.56. The summed E-state index contributed by atoms with van der Waals surface area (Å²) in [5.74, 6) is -2.03. The molecule has 2 rings (SSSR count). The Bertz CT molecular complexity index is 1150. The number of nitrogens with two attached hydrogens (primary N) is 1. The van der Waals surface area contributed by atoms with Crippen LogP contribution in [0, 0.1) is 5.82 Å². The van der Waals surface area contributed by atoms with Crippen LogP contribution in [0.2, 0.25) is 0 Å². The van der Waals surface area contributed by atoms with Gasteiger partial charge in [0.25, 0.3) is 0 Å². The molecule has 0 aliphatic carbocycles. The summed E-state index contributed by atoms with van der Waals surface area (Å²) in [4.78, 5) is 49.0. The summed E-state index contributed by atoms with van der Waals surface area (Å²) in [7, 11) is -17.3. The molecule has 0 spiro atoms. The van der Waals surface area contributed by atoms with Gasteiger partial charge < -0.3 is 35.2 Å². The molecule has 1 fully saturated rings. The van der Waals surface area contributed by atoms with E-state index in [1.165, 1.54) is 0 Å². The quantitative estimate of drug-likeness (QED) is 0.170. The van der Waals surface area contributed by atoms with Gasteiger partial charge in [0.2, 0.25) is 0 Å². The summed E-state index contributed by atoms with van der Waals surface area (Å²) in [5.41, 5.74) is 1.65. The molecule has 1 aromatic rings. The van der Waals surface area contributed by atoms with Crippen molar-refractivity contribution in [3.63, 3.8) is 0 Å². The molecule has 3 unspecified atom stereocenters. The number of anilines is 1. The zero-order chi connectivity index (χ0) is 26.5. The maximum atomic E-state index is 13.9. The number of aliphatic hydroxyl groups is 1. The average molecular weight is 580 g/mol. The van der Waals surface area contributed by atoms with E-state index in [4.69, 9.17) is 31.9 Å². The van der Waals surface area contributed by atoms with E-state index in [0.717, 1.165) is 13.8 Å². The van der Waals surface area contributed by atoms with Gasteiger partial charge in [0.1, 0.15) is 29.4 Å². The van der Waals surface area contributed by atoms with Crippen LogP contribution in [-0.2, 0) is 31.6 Å². The Labute approximate surface area is 193 Å². The second-order valence-electron chi connectivity index (χ2n) is 7.36. The predicted octanol–water partition coefficient (Wildman–Crippen LogP) is 0.292. The van der Waals surface area contributed by atoms with Crippen LogP contribution < -0.4 is 11.4 Å². The van der Waals surface area contributed by atoms with Crippen LogP contribution >= 0.6 is 35.1 Å². The fourth-order valence-electron chi connectivity index (χ4n) is 2.98. The predicted molar refractivity (Wildman–Crippen MR) is 106 cm³/mol. The summed E-state index contributed by atoms with van der Waals surface area (Å²) >= 11 is 6.12. The topological polar surface area (TPSA) is 250 Å². The van der Waals surface area contributed by atoms with Crippen molar-refractivity contribution < 1.29 is 65.0 Å². The van der Waals surface area contributed by atoms with E-state index in [-0.39, 0.29) is 0 Å². The van der Waals surface area contributed by atoms with Gasteiger partial charge in [-0.3, -0.25) is 9.09 Å². The number of phosphoric acid groups is 3. The molecular formula is C12H19ClF2N3O13P3. The summed E-state index contributed by atoms with van der Waals surface area (Å²) < 4.78 is 79.8. The van der Waals surface area contributed by atoms with Crippen LogP contribution in [-0.4, -0.2) is 63.6 Å². The summed E-state index contributed by atoms with van der Waals surface area (Å²) in [6.45, 7) is 0.268. The fourth-order valence-corrected chi connectivity index (χ4v) is 6.59. The number of phosphoric ester groups is 1. The van der Waals surface area contributed by atoms with Crippen molar-refractivity contribution >= 4 is 40.9 Å². The number of nitrogen functional groups attached to an aromatic ring is 1. The number of halogens is 3. The molecule has 0 radical (unpaired) electrons. The molecule has 6 atom stereocenters. The zero-order valence-electron chi connectivity index (χ0n) is 17.0. The van der Waals surface area contributed by atoms with Gasteiger partial charge in [-0.2, -0.15) is 13.6 Å². The number of hydrogen-bond donors (Lipinski definition) is 6. The lowest BCUT2D eigenvalue weighted by atomic mass is 9.91. The number of aliphatic hydroxyl groups excluding tert-OH is 1. The molecule has 0 amide bonds. The Morgan fingerprint density at radius 2 is 1.82 bits per heavy atom. The first kappa shape index (κ1) is 29.4. The third-order valence-corrected chi connectivity index (χ3v) is 8.85. The smallest absolute Gasteiger partial charge is 0.388 e. The number of nitrogens with zero attached hydrogens (tertiary/aromatic N) is 2. The SMILES string of the molecule is CC(C)(OP(=O)(O)OP(=O)(O)OP(=O)(O)O)[C@H]1O[C@@H](n2cc(F)c(N)nc2=O)[C@@](Cl)(CF)C1O. The van der Waals surface area contributed by atoms with Gasteiger partial charge in [-0.05, 0) is 13.8 Å². The van der Waals surface area contributed by atoms with Crippen molar-refractivity contribution in [2.24, 2.45) is 0 Å². The first-order chi connectivity index (χ1) is 15.1. The third-order valence-electron chi connectivity index (χ3n) is 4.31. The largest absolute Gasteiger partial charge is 0.490 e. The van der Waals surface area contributed by atoms with Crippen molar-refractivity contribution in [1.29, 1.82) is 0 Å². The summed E-state index contributed by atoms with van der Waals surface area (Å²) in [6.07, 6.45) is -5.55. The minimum atomic E-state index is -5.87. The van der Waals surface area contributed by atoms with Crippen LogP contribution in [0.4, 0.5) is 14.6 Å². The van der Waals surface area contributed by atoms with Crippen LogP contribution in [0.5, 0.6) is 0 Å². The molecule has 1 aliphatic rings. The highest BCUT2D eigenvalue weighted by Crippen LogP contribution is 2.67. The average Bonchev–Trinajstić information content (AvgIpc) is 2.87. The van der Waals surface area contributed by atoms with E-state index in [2.05, 4.69) is 18.1 Å². The molecule has 2 heterocycles. The lowest BCUT2D eigenvalue weighted by Crippen LogP contribution is -2.50. The summed E-state index contributed by atoms with van der Waals surface area (Å²) in [5, 5.41) is 10.6. The molecular weight excluding hydrogens is 561 g/mol. The number of ether oxygens (including phenoxy) is 1. The molecule has 1 aliphatic heterocycles. The molecule has 0 aromatic carbocycles. The van der Waals surface area contributed by atoms with E-state index < -0.39 is 76.4 Å². The van der Waals surface area contributed by atoms with Crippen molar-refractivity contribution in [2.75, 3.05) is 12.4 Å². The van der Waals surface area contributed by atoms with E-state index in [1.54, 1.807) is 0 Å². The van der Waals surface area contributed by atoms with Crippen LogP contribution in [0.25, 0.3) is 0 Å². The molecule has 1 aromatic heterocycles. The highest BCUT2D eigenvalue weighted by atomic mass is 35.5. The van der Waals surface area contributed by atoms with Crippen LogP contribution in [0.15, 0.2) is 11.0 Å². The van der Waals surface area contributed by atoms with Crippen LogP contribution in [0.1, 0.15) is 20.1 Å². The van der Waals surface area contributed by atoms with E-state index >= 15 is 0 Å². The minimum Gasteiger partial charge on any atom is -0.388 e. The van der Waals surface area contributed by atoms with Gasteiger partial charge in [0.05, 0.1) is 6.20 Å². The van der Waals surface area contributed by atoms with Gasteiger partial charge in [0, 0.05) is 0 Å². The molecule has 34 heavy (non-hydrogen) atoms. The standard InChI is InChI=1S/C12H19ClF2N3O13P3/c1-11(2,29-33(24,25)31-34(26,27)30-32(21,22)23)7-6(19)12(13,4-14)9(28-7)18-3-5(15)8(16)17-10(18)20/h3,6-7,9,19H,4H2,1-2H3,(H,24,25)(H,26,27)(H2,16,17,20)(H2,21,22,23)/t6?,7-,9+,12+/m0/s1. The zero-order valence-corrected chi connectivity index (χ0v) is 20.4. The molecule has 22 heteroatoms. The lowest BCUT2D eigenvalue weighted by Gasteiger charge is -2.34. The molecule has 196 valence electrons. The third kappa shape index (κ3) is 6.48. The molecule has 0 saturated carbocycles. The van der Waals surface area contributed by atoms with Gasteiger partial charge in [0.15, 0.2) is 17.9 Å². The van der Waals surface area contributed by atoms with E-state index in [1.807, 2.05) is 0 Å². The van der Waals surface area contributed by atoms with E-state index in [0.29, 0.717) is 10.8 Å². The molecule has 1 saturated heterocycles. The molecule has 7 N–H and O–H groups in total. The Hall–Kier alpha value is -0.840. The van der Waals surface area contributed by atoms with Crippen molar-refractivity contribution in [1.82, 2.24) is 9.55 Å². The maximum absolute atomic E-state index is 13.9. The van der Waals surface area contributed by atoms with Crippen molar-refractivity contribution in [3.05, 3.63) is 22.5 Å². The Balaban J connectivity index is 2.38. The number of alkyl halides is 2. The van der Waals surface area contributed by atoms with Gasteiger partial charge in [-0.25, -0.2) is 27.3 Å². The molecule has 16 nitrogen and oxygen atoms in total. The summed E-state index contributed by atoms with van der Waals surface area (Å²) in [6, 6.07) is 0. The van der Waals surface area contributed by atoms with E-state index in [9.17, 15) is 42.2 Å². The Kier molecular flexibility index (Phi) is 8.26. The fraction of sp³-hybridized carbons (Fsp3) is 0.667. The van der Waals surface area contributed by atoms with Crippen LogP contribution in [0.3, 0.4) is 0 Å². The first-order valence-electron chi connectivity index (χ1n) is 8.61. The number of aromatic nitrogens is 2. The monoisotopic (exact) mass is 579 g/mol. The highest BCUT2D eigenvalue weighted by molar-refractivity contribution is 7.66. The number of hydrogen-bond acceptors (Lipinski definition) is 11. The molecule has 0 bridgehead atoms. The normalized spacial score (nSPS) is 29.5. The first-order valence-corrected chi connectivity index (χ1v) is 13.5. The highest BCUT2D eigenvalue weighted by Gasteiger charge is 2.62. The van der Waals surface area contributed by atoms with Crippen molar-refractivity contribution in [3.8, 4) is 0 Å². The lowest BCUT2D eigenvalue weighted by molar-refractivity contribution is -0.118. The van der Waals surface area contributed by atoms with Gasteiger partial charge in [-0.15, -0.1) is 11.6 Å². The second-order valence-corrected chi connectivity index (χ2v) is 12.4. The Morgan fingerprint density at radius 3 is 2.32 bits per heavy atom. The van der Waals surface area contributed by atoms with Gasteiger partial charge >= 0.3 is 29.2 Å². The van der Waals surface area contributed by atoms with Crippen molar-refractivity contribution in [2.45, 2.75) is 42.8 Å². The number of rotatable bonds is 9. The Morgan fingerprint density at radius 1 is 1.26 bits per heavy atom. The maximum Gasteiger partial charge on any atom is 0.490 e.